The summed E-state index contributed by atoms with van der Waals surface area (Å²) in [6, 6.07) is 13.0. The van der Waals surface area contributed by atoms with Crippen molar-refractivity contribution in [1.29, 1.82) is 0 Å². The van der Waals surface area contributed by atoms with Crippen molar-refractivity contribution in [3.63, 3.8) is 0 Å². The Morgan fingerprint density at radius 3 is 2.44 bits per heavy atom. The first-order valence-corrected chi connectivity index (χ1v) is 9.43. The topological polar surface area (TPSA) is 60.8 Å². The summed E-state index contributed by atoms with van der Waals surface area (Å²) in [4.78, 5) is 13.0. The fourth-order valence-electron chi connectivity index (χ4n) is 3.46. The van der Waals surface area contributed by atoms with Gasteiger partial charge in [-0.1, -0.05) is 42.5 Å². The number of hydrogen-bond donors (Lipinski definition) is 2. The normalized spacial score (nSPS) is 22.9. The van der Waals surface area contributed by atoms with Crippen LogP contribution >= 0.6 is 11.8 Å². The average Bonchev–Trinajstić information content (AvgIpc) is 2.77. The Balaban J connectivity index is 2.24. The van der Waals surface area contributed by atoms with Crippen molar-refractivity contribution in [3.05, 3.63) is 65.2 Å². The summed E-state index contributed by atoms with van der Waals surface area (Å²) in [7, 11) is 0. The molecule has 0 fully saturated rings. The summed E-state index contributed by atoms with van der Waals surface area (Å²) in [6.07, 6.45) is -5.35. The summed E-state index contributed by atoms with van der Waals surface area (Å²) in [5.74, 6) is -2.18. The minimum absolute atomic E-state index is 0.0837. The van der Waals surface area contributed by atoms with Gasteiger partial charge in [0.25, 0.3) is 0 Å². The molecule has 0 saturated heterocycles. The first-order valence-electron chi connectivity index (χ1n) is 8.21. The van der Waals surface area contributed by atoms with Gasteiger partial charge in [0, 0.05) is 11.4 Å². The van der Waals surface area contributed by atoms with E-state index in [1.54, 1.807) is 36.4 Å². The van der Waals surface area contributed by atoms with Crippen LogP contribution in [-0.4, -0.2) is 46.2 Å². The molecule has 0 aliphatic carbocycles. The highest BCUT2D eigenvalue weighted by Crippen LogP contribution is 2.42. The monoisotopic (exact) mass is 397 g/mol. The Morgan fingerprint density at radius 1 is 1.19 bits per heavy atom. The van der Waals surface area contributed by atoms with Crippen LogP contribution in [0.3, 0.4) is 0 Å². The lowest BCUT2D eigenvalue weighted by Gasteiger charge is -2.39. The maximum Gasteiger partial charge on any atom is 0.471 e. The Kier molecular flexibility index (Phi) is 5.24. The minimum Gasteiger partial charge on any atom is -0.376 e. The third-order valence-electron chi connectivity index (χ3n) is 4.75. The molecule has 1 amide bonds. The Labute approximate surface area is 158 Å². The van der Waals surface area contributed by atoms with E-state index in [9.17, 15) is 28.2 Å². The van der Waals surface area contributed by atoms with Gasteiger partial charge in [0.1, 0.15) is 0 Å². The van der Waals surface area contributed by atoms with Crippen molar-refractivity contribution in [1.82, 2.24) is 4.90 Å². The van der Waals surface area contributed by atoms with E-state index in [2.05, 4.69) is 0 Å². The van der Waals surface area contributed by atoms with Gasteiger partial charge in [-0.3, -0.25) is 4.79 Å². The summed E-state index contributed by atoms with van der Waals surface area (Å²) in [5, 5.41) is 22.3. The molecule has 2 unspecified atom stereocenters. The summed E-state index contributed by atoms with van der Waals surface area (Å²) < 4.78 is 39.2. The number of carbonyl (C=O) groups is 1. The highest BCUT2D eigenvalue weighted by atomic mass is 32.2. The number of carbonyl (C=O) groups excluding carboxylic acids is 1. The van der Waals surface area contributed by atoms with Gasteiger partial charge in [-0.2, -0.15) is 13.2 Å². The first-order chi connectivity index (χ1) is 12.7. The van der Waals surface area contributed by atoms with Crippen LogP contribution in [0.25, 0.3) is 0 Å². The van der Waals surface area contributed by atoms with E-state index in [1.165, 1.54) is 23.9 Å². The van der Waals surface area contributed by atoms with E-state index in [-0.39, 0.29) is 18.5 Å². The molecular formula is C19H18F3NO3S. The van der Waals surface area contributed by atoms with Crippen molar-refractivity contribution in [2.45, 2.75) is 29.3 Å². The maximum absolute atomic E-state index is 13.1. The molecule has 0 radical (unpaired) electrons. The lowest BCUT2D eigenvalue weighted by molar-refractivity contribution is -0.206. The van der Waals surface area contributed by atoms with Crippen molar-refractivity contribution in [3.8, 4) is 0 Å². The van der Waals surface area contributed by atoms with Gasteiger partial charge < -0.3 is 15.1 Å². The molecule has 0 bridgehead atoms. The number of alkyl halides is 3. The molecule has 0 spiro atoms. The fraction of sp³-hybridized carbons (Fsp3) is 0.316. The van der Waals surface area contributed by atoms with Crippen LogP contribution in [0.2, 0.25) is 0 Å². The zero-order chi connectivity index (χ0) is 19.8. The number of nitrogens with zero attached hydrogens (tertiary/aromatic N) is 1. The first kappa shape index (κ1) is 19.7. The van der Waals surface area contributed by atoms with Gasteiger partial charge >= 0.3 is 12.1 Å². The summed E-state index contributed by atoms with van der Waals surface area (Å²) >= 11 is 1.39. The van der Waals surface area contributed by atoms with E-state index >= 15 is 0 Å². The van der Waals surface area contributed by atoms with E-state index in [0.29, 0.717) is 16.0 Å². The zero-order valence-corrected chi connectivity index (χ0v) is 15.2. The second-order valence-electron chi connectivity index (χ2n) is 6.24. The van der Waals surface area contributed by atoms with E-state index in [1.807, 2.05) is 6.26 Å². The Morgan fingerprint density at radius 2 is 1.85 bits per heavy atom. The summed E-state index contributed by atoms with van der Waals surface area (Å²) in [6.45, 7) is -0.362. The largest absolute Gasteiger partial charge is 0.471 e. The predicted molar refractivity (Wildman–Crippen MR) is 95.1 cm³/mol. The lowest BCUT2D eigenvalue weighted by Crippen LogP contribution is -2.56. The van der Waals surface area contributed by atoms with Crippen LogP contribution in [0, 0.1) is 0 Å². The molecule has 2 aromatic rings. The minimum atomic E-state index is -5.16. The van der Waals surface area contributed by atoms with Crippen molar-refractivity contribution >= 4 is 17.7 Å². The van der Waals surface area contributed by atoms with E-state index < -0.39 is 23.9 Å². The number of aliphatic hydroxyl groups is 2. The molecule has 4 nitrogen and oxygen atoms in total. The van der Waals surface area contributed by atoms with Crippen molar-refractivity contribution in [2.24, 2.45) is 0 Å². The zero-order valence-electron chi connectivity index (χ0n) is 14.4. The standard InChI is InChI=1S/C19H18F3NO3S/c1-27-15-9-5-8-14-13(15)10-11-23(17(25)19(20,21)22)16(24)18(14,26)12-6-3-2-4-7-12/h2-9,16,24,26H,10-11H2,1H3. The highest BCUT2D eigenvalue weighted by molar-refractivity contribution is 7.98. The van der Waals surface area contributed by atoms with Gasteiger partial charge in [-0.05, 0) is 35.4 Å². The second-order valence-corrected chi connectivity index (χ2v) is 7.09. The number of thioether (sulfide) groups is 1. The van der Waals surface area contributed by atoms with E-state index in [0.717, 1.165) is 4.90 Å². The van der Waals surface area contributed by atoms with Crippen LogP contribution < -0.4 is 0 Å². The third kappa shape index (κ3) is 3.33. The van der Waals surface area contributed by atoms with Crippen LogP contribution in [0.1, 0.15) is 16.7 Å². The average molecular weight is 397 g/mol. The predicted octanol–water partition coefficient (Wildman–Crippen LogP) is 2.91. The second kappa shape index (κ2) is 7.18. The van der Waals surface area contributed by atoms with Crippen LogP contribution in [-0.2, 0) is 16.8 Å². The van der Waals surface area contributed by atoms with Crippen LogP contribution in [0.15, 0.2) is 53.4 Å². The number of rotatable bonds is 2. The lowest BCUT2D eigenvalue weighted by atomic mass is 9.82. The van der Waals surface area contributed by atoms with Gasteiger partial charge in [-0.15, -0.1) is 11.8 Å². The molecule has 2 N–H and O–H groups in total. The molecule has 8 heteroatoms. The number of amides is 1. The molecule has 27 heavy (non-hydrogen) atoms. The van der Waals surface area contributed by atoms with Crippen LogP contribution in [0.4, 0.5) is 13.2 Å². The molecule has 1 heterocycles. The molecule has 2 aromatic carbocycles. The van der Waals surface area contributed by atoms with Gasteiger partial charge in [0.05, 0.1) is 0 Å². The number of benzene rings is 2. The Hall–Kier alpha value is -2.03. The van der Waals surface area contributed by atoms with Gasteiger partial charge in [-0.25, -0.2) is 0 Å². The number of halogens is 3. The highest BCUT2D eigenvalue weighted by Gasteiger charge is 2.52. The molecule has 0 saturated carbocycles. The molecule has 1 aliphatic rings. The molecule has 2 atom stereocenters. The summed E-state index contributed by atoms with van der Waals surface area (Å²) in [5.41, 5.74) is -1.07. The molecule has 0 aromatic heterocycles. The van der Waals surface area contributed by atoms with Crippen molar-refractivity contribution in [2.75, 3.05) is 12.8 Å². The molecule has 3 rings (SSSR count). The number of hydrogen-bond acceptors (Lipinski definition) is 4. The quantitative estimate of drug-likeness (QED) is 0.765. The SMILES string of the molecule is CSc1cccc2c1CCN(C(=O)C(F)(F)F)C(O)C2(O)c1ccccc1. The number of aliphatic hydroxyl groups excluding tert-OH is 1. The van der Waals surface area contributed by atoms with Crippen molar-refractivity contribution < 1.29 is 28.2 Å². The third-order valence-corrected chi connectivity index (χ3v) is 5.57. The van der Waals surface area contributed by atoms with Gasteiger partial charge in [0.15, 0.2) is 11.8 Å². The van der Waals surface area contributed by atoms with Gasteiger partial charge in [0.2, 0.25) is 0 Å². The maximum atomic E-state index is 13.1. The molecular weight excluding hydrogens is 379 g/mol. The fourth-order valence-corrected chi connectivity index (χ4v) is 4.14. The van der Waals surface area contributed by atoms with Crippen LogP contribution in [0.5, 0.6) is 0 Å². The smallest absolute Gasteiger partial charge is 0.376 e. The Bertz CT molecular complexity index is 844. The number of fused-ring (bicyclic) bond motifs is 1. The van der Waals surface area contributed by atoms with E-state index in [4.69, 9.17) is 0 Å². The molecule has 1 aliphatic heterocycles. The molecule has 144 valence electrons.